The molecular weight excluding hydrogens is 112 g/mol. The maximum Gasteiger partial charge on any atom is 0.0465 e. The fourth-order valence-electron chi connectivity index (χ4n) is 2.10. The molecule has 50 valence electrons. The van der Waals surface area contributed by atoms with E-state index in [1.165, 1.54) is 12.8 Å². The van der Waals surface area contributed by atoms with Gasteiger partial charge in [-0.1, -0.05) is 12.2 Å². The fraction of sp³-hybridized carbons (Fsp3) is 0.750. The van der Waals surface area contributed by atoms with Crippen LogP contribution in [-0.2, 0) is 0 Å². The minimum Gasteiger partial charge on any atom is -0.396 e. The lowest BCUT2D eigenvalue weighted by Crippen LogP contribution is -2.10. The largest absolute Gasteiger partial charge is 0.396 e. The minimum absolute atomic E-state index is 0.394. The third-order valence-electron chi connectivity index (χ3n) is 2.65. The average Bonchev–Trinajstić information content (AvgIpc) is 2.45. The Bertz CT molecular complexity index is 140. The van der Waals surface area contributed by atoms with Gasteiger partial charge in [0.2, 0.25) is 0 Å². The van der Waals surface area contributed by atoms with Crippen molar-refractivity contribution < 1.29 is 5.11 Å². The first-order chi connectivity index (χ1) is 4.40. The van der Waals surface area contributed by atoms with Crippen molar-refractivity contribution in [2.45, 2.75) is 12.8 Å². The molecule has 0 saturated heterocycles. The third-order valence-corrected chi connectivity index (χ3v) is 2.65. The monoisotopic (exact) mass is 124 g/mol. The Morgan fingerprint density at radius 2 is 2.22 bits per heavy atom. The van der Waals surface area contributed by atoms with Crippen LogP contribution in [0, 0.1) is 17.8 Å². The van der Waals surface area contributed by atoms with Crippen LogP contribution in [-0.4, -0.2) is 11.7 Å². The van der Waals surface area contributed by atoms with Gasteiger partial charge in [-0.05, 0) is 30.6 Å². The molecule has 0 aromatic rings. The Labute approximate surface area is 55.4 Å². The highest BCUT2D eigenvalue weighted by Crippen LogP contribution is 2.42. The van der Waals surface area contributed by atoms with Gasteiger partial charge in [0.15, 0.2) is 0 Å². The number of fused-ring (bicyclic) bond motifs is 2. The lowest BCUT2D eigenvalue weighted by Gasteiger charge is -2.13. The van der Waals surface area contributed by atoms with Gasteiger partial charge in [-0.25, -0.2) is 0 Å². The van der Waals surface area contributed by atoms with Crippen molar-refractivity contribution in [1.29, 1.82) is 0 Å². The summed E-state index contributed by atoms with van der Waals surface area (Å²) < 4.78 is 0. The predicted octanol–water partition coefficient (Wildman–Crippen LogP) is 1.19. The van der Waals surface area contributed by atoms with E-state index in [0.717, 1.165) is 11.8 Å². The molecule has 0 aromatic carbocycles. The summed E-state index contributed by atoms with van der Waals surface area (Å²) in [6.45, 7) is 0.394. The molecular formula is C8H12O. The van der Waals surface area contributed by atoms with Crippen LogP contribution in [0.4, 0.5) is 0 Å². The smallest absolute Gasteiger partial charge is 0.0465 e. The van der Waals surface area contributed by atoms with E-state index in [-0.39, 0.29) is 0 Å². The summed E-state index contributed by atoms with van der Waals surface area (Å²) in [5.41, 5.74) is 0. The molecule has 2 aliphatic rings. The molecule has 2 aliphatic carbocycles. The molecule has 0 amide bonds. The molecule has 0 aromatic heterocycles. The molecule has 1 saturated carbocycles. The SMILES string of the molecule is OC[C@@H]1C[C@@H]2C=CC1C2. The standard InChI is InChI=1S/C8H12O/c9-5-8-4-6-1-2-7(8)3-6/h1-2,6-9H,3-5H2/t6-,7?,8+/m1/s1. The molecule has 1 unspecified atom stereocenters. The molecule has 1 N–H and O–H groups in total. The lowest BCUT2D eigenvalue weighted by atomic mass is 9.95. The van der Waals surface area contributed by atoms with Crippen molar-refractivity contribution in [2.75, 3.05) is 6.61 Å². The third kappa shape index (κ3) is 0.715. The summed E-state index contributed by atoms with van der Waals surface area (Å²) in [5, 5.41) is 8.85. The fourth-order valence-corrected chi connectivity index (χ4v) is 2.10. The zero-order chi connectivity index (χ0) is 6.27. The molecule has 0 spiro atoms. The number of rotatable bonds is 1. The summed E-state index contributed by atoms with van der Waals surface area (Å²) >= 11 is 0. The molecule has 1 heteroatoms. The van der Waals surface area contributed by atoms with Gasteiger partial charge in [-0.15, -0.1) is 0 Å². The van der Waals surface area contributed by atoms with Gasteiger partial charge >= 0.3 is 0 Å². The van der Waals surface area contributed by atoms with E-state index in [1.807, 2.05) is 0 Å². The number of aliphatic hydroxyl groups excluding tert-OH is 1. The number of hydrogen-bond acceptors (Lipinski definition) is 1. The van der Waals surface area contributed by atoms with Gasteiger partial charge in [0.25, 0.3) is 0 Å². The Morgan fingerprint density at radius 3 is 2.56 bits per heavy atom. The summed E-state index contributed by atoms with van der Waals surface area (Å²) in [6, 6.07) is 0. The van der Waals surface area contributed by atoms with E-state index in [4.69, 9.17) is 5.11 Å². The zero-order valence-electron chi connectivity index (χ0n) is 5.46. The Morgan fingerprint density at radius 1 is 1.33 bits per heavy atom. The van der Waals surface area contributed by atoms with Crippen LogP contribution in [0.15, 0.2) is 12.2 Å². The van der Waals surface area contributed by atoms with Crippen molar-refractivity contribution in [3.63, 3.8) is 0 Å². The number of allylic oxidation sites excluding steroid dienone is 2. The molecule has 0 heterocycles. The normalized spacial score (nSPS) is 46.6. The second kappa shape index (κ2) is 1.84. The lowest BCUT2D eigenvalue weighted by molar-refractivity contribution is 0.207. The summed E-state index contributed by atoms with van der Waals surface area (Å²) in [5.74, 6) is 2.13. The van der Waals surface area contributed by atoms with Crippen LogP contribution >= 0.6 is 0 Å². The van der Waals surface area contributed by atoms with Gasteiger partial charge in [-0.3, -0.25) is 0 Å². The van der Waals surface area contributed by atoms with Gasteiger partial charge < -0.3 is 5.11 Å². The van der Waals surface area contributed by atoms with Crippen molar-refractivity contribution in [3.8, 4) is 0 Å². The molecule has 1 nitrogen and oxygen atoms in total. The van der Waals surface area contributed by atoms with E-state index in [1.54, 1.807) is 0 Å². The van der Waals surface area contributed by atoms with Crippen molar-refractivity contribution >= 4 is 0 Å². The highest BCUT2D eigenvalue weighted by molar-refractivity contribution is 5.09. The van der Waals surface area contributed by atoms with E-state index in [2.05, 4.69) is 12.2 Å². The average molecular weight is 124 g/mol. The van der Waals surface area contributed by atoms with E-state index in [0.29, 0.717) is 12.5 Å². The second-order valence-corrected chi connectivity index (χ2v) is 3.22. The Kier molecular flexibility index (Phi) is 1.12. The summed E-state index contributed by atoms with van der Waals surface area (Å²) in [7, 11) is 0. The van der Waals surface area contributed by atoms with Crippen molar-refractivity contribution in [2.24, 2.45) is 17.8 Å². The van der Waals surface area contributed by atoms with Crippen LogP contribution in [0.25, 0.3) is 0 Å². The highest BCUT2D eigenvalue weighted by atomic mass is 16.3. The molecule has 0 radical (unpaired) electrons. The number of hydrogen-bond donors (Lipinski definition) is 1. The molecule has 9 heavy (non-hydrogen) atoms. The first kappa shape index (κ1) is 5.48. The quantitative estimate of drug-likeness (QED) is 0.520. The minimum atomic E-state index is 0.394. The topological polar surface area (TPSA) is 20.2 Å². The van der Waals surface area contributed by atoms with Gasteiger partial charge in [-0.2, -0.15) is 0 Å². The number of aliphatic hydroxyl groups is 1. The maximum atomic E-state index is 8.85. The van der Waals surface area contributed by atoms with Gasteiger partial charge in [0.05, 0.1) is 0 Å². The maximum absolute atomic E-state index is 8.85. The summed E-state index contributed by atoms with van der Waals surface area (Å²) in [4.78, 5) is 0. The molecule has 0 aliphatic heterocycles. The summed E-state index contributed by atoms with van der Waals surface area (Å²) in [6.07, 6.45) is 7.12. The molecule has 3 atom stereocenters. The molecule has 1 fully saturated rings. The van der Waals surface area contributed by atoms with Gasteiger partial charge in [0, 0.05) is 6.61 Å². The molecule has 2 bridgehead atoms. The predicted molar refractivity (Wildman–Crippen MR) is 35.9 cm³/mol. The van der Waals surface area contributed by atoms with Crippen LogP contribution in [0.3, 0.4) is 0 Å². The van der Waals surface area contributed by atoms with Crippen molar-refractivity contribution in [1.82, 2.24) is 0 Å². The van der Waals surface area contributed by atoms with Crippen LogP contribution in [0.2, 0.25) is 0 Å². The first-order valence-electron chi connectivity index (χ1n) is 3.69. The van der Waals surface area contributed by atoms with E-state index < -0.39 is 0 Å². The highest BCUT2D eigenvalue weighted by Gasteiger charge is 2.34. The first-order valence-corrected chi connectivity index (χ1v) is 3.69. The van der Waals surface area contributed by atoms with Crippen LogP contribution < -0.4 is 0 Å². The second-order valence-electron chi connectivity index (χ2n) is 3.22. The van der Waals surface area contributed by atoms with Gasteiger partial charge in [0.1, 0.15) is 0 Å². The van der Waals surface area contributed by atoms with Crippen LogP contribution in [0.5, 0.6) is 0 Å². The Balaban J connectivity index is 2.10. The molecule has 2 rings (SSSR count). The van der Waals surface area contributed by atoms with E-state index in [9.17, 15) is 0 Å². The van der Waals surface area contributed by atoms with E-state index >= 15 is 0 Å². The van der Waals surface area contributed by atoms with Crippen LogP contribution in [0.1, 0.15) is 12.8 Å². The zero-order valence-corrected chi connectivity index (χ0v) is 5.46. The van der Waals surface area contributed by atoms with Crippen molar-refractivity contribution in [3.05, 3.63) is 12.2 Å². The Hall–Kier alpha value is -0.300.